The predicted molar refractivity (Wildman–Crippen MR) is 203 cm³/mol. The number of nitrogens with one attached hydrogen (secondary N) is 2. The Bertz CT molecular complexity index is 2630. The number of rotatable bonds is 7. The third-order valence-corrected chi connectivity index (χ3v) is 8.96. The first-order valence-electron chi connectivity index (χ1n) is 16.4. The van der Waals surface area contributed by atoms with Gasteiger partial charge < -0.3 is 9.73 Å². The van der Waals surface area contributed by atoms with Crippen LogP contribution in [-0.2, 0) is 0 Å². The van der Waals surface area contributed by atoms with Gasteiger partial charge in [0.25, 0.3) is 0 Å². The zero-order valence-corrected chi connectivity index (χ0v) is 26.8. The van der Waals surface area contributed by atoms with E-state index in [1.165, 1.54) is 0 Å². The second kappa shape index (κ2) is 12.3. The quantitative estimate of drug-likeness (QED) is 0.169. The SMILES string of the molecule is N=C(c1ccc2oc3ccc(-c4nc(-c5ccccc5)nc(-c5ccccc5)n4)cc3c2c1)c1ccc2ccccc2c1Nc1ccccc1. The minimum Gasteiger partial charge on any atom is -0.456 e. The van der Waals surface area contributed by atoms with Crippen molar-refractivity contribution in [2.75, 3.05) is 5.32 Å². The van der Waals surface area contributed by atoms with Crippen molar-refractivity contribution in [3.05, 3.63) is 175 Å². The van der Waals surface area contributed by atoms with E-state index in [-0.39, 0.29) is 0 Å². The number of para-hydroxylation sites is 1. The van der Waals surface area contributed by atoms with Gasteiger partial charge in [-0.1, -0.05) is 115 Å². The molecule has 0 saturated carbocycles. The normalized spacial score (nSPS) is 11.3. The number of furan rings is 1. The second-order valence-corrected chi connectivity index (χ2v) is 12.1. The van der Waals surface area contributed by atoms with Crippen LogP contribution in [0.2, 0.25) is 0 Å². The number of nitrogens with zero attached hydrogens (tertiary/aromatic N) is 3. The summed E-state index contributed by atoms with van der Waals surface area (Å²) in [5.41, 5.74) is 8.07. The molecule has 0 atom stereocenters. The largest absolute Gasteiger partial charge is 0.456 e. The van der Waals surface area contributed by atoms with Crippen LogP contribution in [0.3, 0.4) is 0 Å². The highest BCUT2D eigenvalue weighted by Gasteiger charge is 2.18. The van der Waals surface area contributed by atoms with Crippen molar-refractivity contribution in [3.63, 3.8) is 0 Å². The summed E-state index contributed by atoms with van der Waals surface area (Å²) in [5.74, 6) is 1.79. The molecule has 0 saturated heterocycles. The molecule has 2 heterocycles. The first kappa shape index (κ1) is 29.2. The average Bonchev–Trinajstić information content (AvgIpc) is 3.56. The van der Waals surface area contributed by atoms with E-state index < -0.39 is 0 Å². The zero-order chi connectivity index (χ0) is 33.4. The molecule has 0 aliphatic carbocycles. The van der Waals surface area contributed by atoms with Crippen LogP contribution in [0, 0.1) is 5.41 Å². The number of hydrogen-bond donors (Lipinski definition) is 2. The highest BCUT2D eigenvalue weighted by Crippen LogP contribution is 2.36. The average molecular weight is 644 g/mol. The molecule has 0 unspecified atom stereocenters. The Morgan fingerprint density at radius 3 is 1.72 bits per heavy atom. The first-order chi connectivity index (χ1) is 24.7. The van der Waals surface area contributed by atoms with Crippen LogP contribution in [0.15, 0.2) is 168 Å². The molecule has 0 spiro atoms. The molecule has 0 radical (unpaired) electrons. The van der Waals surface area contributed by atoms with E-state index in [0.29, 0.717) is 23.2 Å². The fourth-order valence-electron chi connectivity index (χ4n) is 6.45. The standard InChI is InChI=1S/C44H29N5O/c45-40(35-23-20-28-12-10-11-19-34(28)41(35)46-33-17-8-3-9-18-33)31-21-24-38-36(26-31)37-27-32(22-25-39(37)50-38)44-48-42(29-13-4-1-5-14-29)47-43(49-44)30-15-6-2-7-16-30/h1-27,45-46H. The van der Waals surface area contributed by atoms with Gasteiger partial charge in [0.2, 0.25) is 0 Å². The lowest BCUT2D eigenvalue weighted by Crippen LogP contribution is -2.06. The summed E-state index contributed by atoms with van der Waals surface area (Å²) in [7, 11) is 0. The highest BCUT2D eigenvalue weighted by atomic mass is 16.3. The topological polar surface area (TPSA) is 87.7 Å². The molecule has 50 heavy (non-hydrogen) atoms. The molecule has 0 bridgehead atoms. The molecular formula is C44H29N5O. The van der Waals surface area contributed by atoms with Gasteiger partial charge in [-0.2, -0.15) is 0 Å². The van der Waals surface area contributed by atoms with Crippen molar-refractivity contribution in [2.24, 2.45) is 0 Å². The summed E-state index contributed by atoms with van der Waals surface area (Å²) < 4.78 is 6.29. The number of benzene rings is 7. The minimum absolute atomic E-state index is 0.416. The van der Waals surface area contributed by atoms with Crippen molar-refractivity contribution in [2.45, 2.75) is 0 Å². The van der Waals surface area contributed by atoms with E-state index in [1.54, 1.807) is 0 Å². The fraction of sp³-hybridized carbons (Fsp3) is 0. The Hall–Kier alpha value is -6.92. The maximum absolute atomic E-state index is 9.48. The number of anilines is 2. The van der Waals surface area contributed by atoms with Crippen molar-refractivity contribution in [3.8, 4) is 34.2 Å². The Morgan fingerprint density at radius 1 is 0.480 bits per heavy atom. The molecule has 2 N–H and O–H groups in total. The van der Waals surface area contributed by atoms with E-state index in [9.17, 15) is 5.41 Å². The van der Waals surface area contributed by atoms with Crippen molar-refractivity contribution >= 4 is 49.8 Å². The zero-order valence-electron chi connectivity index (χ0n) is 26.8. The number of fused-ring (bicyclic) bond motifs is 4. The molecular weight excluding hydrogens is 615 g/mol. The summed E-state index contributed by atoms with van der Waals surface area (Å²) in [6, 6.07) is 54.4. The summed E-state index contributed by atoms with van der Waals surface area (Å²) in [5, 5.41) is 17.1. The van der Waals surface area contributed by atoms with Crippen LogP contribution >= 0.6 is 0 Å². The Morgan fingerprint density at radius 2 is 1.04 bits per heavy atom. The van der Waals surface area contributed by atoms with Crippen LogP contribution in [-0.4, -0.2) is 20.7 Å². The monoisotopic (exact) mass is 643 g/mol. The predicted octanol–water partition coefficient (Wildman–Crippen LogP) is 11.1. The van der Waals surface area contributed by atoms with Gasteiger partial charge in [0.15, 0.2) is 17.5 Å². The summed E-state index contributed by atoms with van der Waals surface area (Å²) in [4.78, 5) is 14.7. The van der Waals surface area contributed by atoms with E-state index in [4.69, 9.17) is 19.4 Å². The lowest BCUT2D eigenvalue weighted by molar-refractivity contribution is 0.669. The van der Waals surface area contributed by atoms with Crippen LogP contribution < -0.4 is 5.32 Å². The van der Waals surface area contributed by atoms with Crippen LogP contribution in [0.25, 0.3) is 66.9 Å². The maximum atomic E-state index is 9.48. The third kappa shape index (κ3) is 5.35. The molecule has 6 heteroatoms. The molecule has 9 rings (SSSR count). The van der Waals surface area contributed by atoms with E-state index in [0.717, 1.165) is 71.9 Å². The Labute approximate surface area is 288 Å². The Balaban J connectivity index is 1.16. The van der Waals surface area contributed by atoms with E-state index in [2.05, 4.69) is 29.6 Å². The third-order valence-electron chi connectivity index (χ3n) is 8.96. The van der Waals surface area contributed by atoms with Gasteiger partial charge in [0, 0.05) is 49.7 Å². The summed E-state index contributed by atoms with van der Waals surface area (Å²) in [6.45, 7) is 0. The van der Waals surface area contributed by atoms with Gasteiger partial charge in [-0.05, 0) is 53.9 Å². The van der Waals surface area contributed by atoms with Crippen molar-refractivity contribution < 1.29 is 4.42 Å². The highest BCUT2D eigenvalue weighted by molar-refractivity contribution is 6.20. The van der Waals surface area contributed by atoms with Crippen LogP contribution in [0.4, 0.5) is 11.4 Å². The van der Waals surface area contributed by atoms with Gasteiger partial charge in [-0.3, -0.25) is 5.41 Å². The molecule has 7 aromatic carbocycles. The van der Waals surface area contributed by atoms with Gasteiger partial charge in [0.05, 0.1) is 11.4 Å². The molecule has 6 nitrogen and oxygen atoms in total. The first-order valence-corrected chi connectivity index (χ1v) is 16.4. The van der Waals surface area contributed by atoms with Crippen LogP contribution in [0.1, 0.15) is 11.1 Å². The van der Waals surface area contributed by atoms with Crippen molar-refractivity contribution in [1.82, 2.24) is 15.0 Å². The molecule has 0 amide bonds. The molecule has 2 aromatic heterocycles. The van der Waals surface area contributed by atoms with E-state index >= 15 is 0 Å². The molecule has 0 aliphatic heterocycles. The van der Waals surface area contributed by atoms with Crippen molar-refractivity contribution in [1.29, 1.82) is 5.41 Å². The second-order valence-electron chi connectivity index (χ2n) is 12.1. The lowest BCUT2D eigenvalue weighted by atomic mass is 9.95. The molecule has 9 aromatic rings. The van der Waals surface area contributed by atoms with Gasteiger partial charge in [-0.25, -0.2) is 15.0 Å². The summed E-state index contributed by atoms with van der Waals surface area (Å²) >= 11 is 0. The maximum Gasteiger partial charge on any atom is 0.164 e. The van der Waals surface area contributed by atoms with Gasteiger partial charge in [-0.15, -0.1) is 0 Å². The number of hydrogen-bond acceptors (Lipinski definition) is 6. The smallest absolute Gasteiger partial charge is 0.164 e. The molecule has 0 aliphatic rings. The molecule has 236 valence electrons. The molecule has 0 fully saturated rings. The fourth-order valence-corrected chi connectivity index (χ4v) is 6.45. The number of aromatic nitrogens is 3. The minimum atomic E-state index is 0.416. The lowest BCUT2D eigenvalue weighted by Gasteiger charge is -2.16. The van der Waals surface area contributed by atoms with E-state index in [1.807, 2.05) is 140 Å². The van der Waals surface area contributed by atoms with Gasteiger partial charge in [0.1, 0.15) is 11.2 Å². The summed E-state index contributed by atoms with van der Waals surface area (Å²) in [6.07, 6.45) is 0. The Kier molecular flexibility index (Phi) is 7.17. The van der Waals surface area contributed by atoms with Gasteiger partial charge >= 0.3 is 0 Å². The van der Waals surface area contributed by atoms with Crippen LogP contribution in [0.5, 0.6) is 0 Å².